The number of hydrogen-bond acceptors (Lipinski definition) is 2. The van der Waals surface area contributed by atoms with Gasteiger partial charge in [0.25, 0.3) is 0 Å². The van der Waals surface area contributed by atoms with E-state index in [1.54, 1.807) is 6.07 Å². The molecule has 2 aromatic rings. The molecule has 2 N–H and O–H groups in total. The van der Waals surface area contributed by atoms with Gasteiger partial charge < -0.3 is 15.0 Å². The molecular weight excluding hydrogens is 224 g/mol. The van der Waals surface area contributed by atoms with Gasteiger partial charge in [0.1, 0.15) is 5.75 Å². The summed E-state index contributed by atoms with van der Waals surface area (Å²) in [6.45, 7) is 5.51. The zero-order valence-electron chi connectivity index (χ0n) is 11.2. The number of fused-ring (bicyclic) bond motifs is 1. The van der Waals surface area contributed by atoms with E-state index in [0.717, 1.165) is 13.0 Å². The summed E-state index contributed by atoms with van der Waals surface area (Å²) in [5, 5.41) is 14.5. The number of phenols is 1. The fourth-order valence-corrected chi connectivity index (χ4v) is 3.36. The van der Waals surface area contributed by atoms with Gasteiger partial charge >= 0.3 is 0 Å². The minimum absolute atomic E-state index is 0.0391. The van der Waals surface area contributed by atoms with Crippen molar-refractivity contribution < 1.29 is 5.11 Å². The van der Waals surface area contributed by atoms with E-state index < -0.39 is 0 Å². The third kappa shape index (κ3) is 1.47. The first-order valence-corrected chi connectivity index (χ1v) is 6.56. The molecule has 0 bridgehead atoms. The third-order valence-electron chi connectivity index (χ3n) is 4.40. The molecule has 1 aliphatic rings. The van der Waals surface area contributed by atoms with E-state index in [2.05, 4.69) is 30.8 Å². The molecule has 1 saturated heterocycles. The lowest BCUT2D eigenvalue weighted by Crippen LogP contribution is -2.33. The molecule has 0 radical (unpaired) electrons. The van der Waals surface area contributed by atoms with E-state index in [9.17, 15) is 5.11 Å². The van der Waals surface area contributed by atoms with Crippen molar-refractivity contribution in [2.45, 2.75) is 32.2 Å². The molecule has 1 aromatic carbocycles. The number of rotatable bonds is 1. The molecule has 3 rings (SSSR count). The molecule has 3 heteroatoms. The van der Waals surface area contributed by atoms with E-state index in [0.29, 0.717) is 5.75 Å². The second-order valence-electron chi connectivity index (χ2n) is 5.58. The van der Waals surface area contributed by atoms with E-state index in [1.165, 1.54) is 28.6 Å². The van der Waals surface area contributed by atoms with Crippen LogP contribution < -0.4 is 5.32 Å². The molecule has 1 fully saturated rings. The molecule has 96 valence electrons. The van der Waals surface area contributed by atoms with E-state index in [-0.39, 0.29) is 5.54 Å². The van der Waals surface area contributed by atoms with Crippen LogP contribution in [0.1, 0.15) is 31.0 Å². The van der Waals surface area contributed by atoms with Gasteiger partial charge in [0.15, 0.2) is 0 Å². The second-order valence-corrected chi connectivity index (χ2v) is 5.58. The Morgan fingerprint density at radius 1 is 1.39 bits per heavy atom. The number of benzene rings is 1. The number of aromatic nitrogens is 1. The first-order valence-electron chi connectivity index (χ1n) is 6.56. The van der Waals surface area contributed by atoms with E-state index in [4.69, 9.17) is 0 Å². The van der Waals surface area contributed by atoms with Crippen LogP contribution in [0.15, 0.2) is 18.2 Å². The molecule has 1 atom stereocenters. The lowest BCUT2D eigenvalue weighted by molar-refractivity contribution is 0.434. The van der Waals surface area contributed by atoms with Crippen LogP contribution in [0.4, 0.5) is 0 Å². The zero-order valence-corrected chi connectivity index (χ0v) is 11.2. The number of phenolic OH excluding ortho intramolecular Hbond substituents is 1. The molecule has 2 heterocycles. The Morgan fingerprint density at radius 2 is 2.17 bits per heavy atom. The van der Waals surface area contributed by atoms with Gasteiger partial charge in [0.2, 0.25) is 0 Å². The van der Waals surface area contributed by atoms with Crippen molar-refractivity contribution >= 4 is 10.9 Å². The molecule has 1 unspecified atom stereocenters. The van der Waals surface area contributed by atoms with Crippen LogP contribution in [0.3, 0.4) is 0 Å². The first kappa shape index (κ1) is 11.6. The average molecular weight is 244 g/mol. The van der Waals surface area contributed by atoms with Crippen molar-refractivity contribution in [3.8, 4) is 5.75 Å². The monoisotopic (exact) mass is 244 g/mol. The second kappa shape index (κ2) is 3.75. The van der Waals surface area contributed by atoms with Gasteiger partial charge in [-0.05, 0) is 51.4 Å². The molecule has 0 saturated carbocycles. The van der Waals surface area contributed by atoms with Crippen molar-refractivity contribution in [1.29, 1.82) is 0 Å². The highest BCUT2D eigenvalue weighted by atomic mass is 16.3. The smallest absolute Gasteiger partial charge is 0.116 e. The fourth-order valence-electron chi connectivity index (χ4n) is 3.36. The average Bonchev–Trinajstić information content (AvgIpc) is 2.85. The van der Waals surface area contributed by atoms with Crippen LogP contribution in [-0.2, 0) is 12.6 Å². The van der Waals surface area contributed by atoms with Gasteiger partial charge in [-0.3, -0.25) is 0 Å². The number of aryl methyl sites for hydroxylation is 1. The zero-order chi connectivity index (χ0) is 12.9. The maximum Gasteiger partial charge on any atom is 0.116 e. The minimum Gasteiger partial charge on any atom is -0.508 e. The lowest BCUT2D eigenvalue weighted by Gasteiger charge is -2.25. The molecule has 0 aliphatic carbocycles. The SMILES string of the molecule is Cc1c(C2(C)CCCN2)c2cc(O)ccc2n1C. The first-order chi connectivity index (χ1) is 8.53. The van der Waals surface area contributed by atoms with Crippen molar-refractivity contribution in [3.05, 3.63) is 29.5 Å². The van der Waals surface area contributed by atoms with Gasteiger partial charge in [0, 0.05) is 34.7 Å². The molecule has 1 aliphatic heterocycles. The van der Waals surface area contributed by atoms with Crippen LogP contribution in [0.5, 0.6) is 5.75 Å². The minimum atomic E-state index is 0.0391. The normalized spacial score (nSPS) is 23.9. The van der Waals surface area contributed by atoms with Gasteiger partial charge in [-0.15, -0.1) is 0 Å². The predicted molar refractivity (Wildman–Crippen MR) is 73.9 cm³/mol. The van der Waals surface area contributed by atoms with Crippen LogP contribution >= 0.6 is 0 Å². The summed E-state index contributed by atoms with van der Waals surface area (Å²) in [5.74, 6) is 0.343. The summed E-state index contributed by atoms with van der Waals surface area (Å²) >= 11 is 0. The fraction of sp³-hybridized carbons (Fsp3) is 0.467. The highest BCUT2D eigenvalue weighted by molar-refractivity contribution is 5.87. The van der Waals surface area contributed by atoms with Gasteiger partial charge in [0.05, 0.1) is 0 Å². The third-order valence-corrected chi connectivity index (χ3v) is 4.40. The molecular formula is C15H20N2O. The van der Waals surface area contributed by atoms with Crippen LogP contribution in [0.25, 0.3) is 10.9 Å². The molecule has 1 aromatic heterocycles. The predicted octanol–water partition coefficient (Wildman–Crippen LogP) is 2.79. The summed E-state index contributed by atoms with van der Waals surface area (Å²) in [6, 6.07) is 5.65. The Hall–Kier alpha value is -1.48. The Kier molecular flexibility index (Phi) is 2.42. The lowest BCUT2D eigenvalue weighted by atomic mass is 9.88. The van der Waals surface area contributed by atoms with Crippen LogP contribution in [0.2, 0.25) is 0 Å². The molecule has 18 heavy (non-hydrogen) atoms. The van der Waals surface area contributed by atoms with Crippen LogP contribution in [0, 0.1) is 6.92 Å². The quantitative estimate of drug-likeness (QED) is 0.809. The summed E-state index contributed by atoms with van der Waals surface area (Å²) in [5.41, 5.74) is 3.85. The molecule has 0 amide bonds. The highest BCUT2D eigenvalue weighted by Gasteiger charge is 2.34. The molecule has 3 nitrogen and oxygen atoms in total. The number of nitrogens with zero attached hydrogens (tertiary/aromatic N) is 1. The van der Waals surface area contributed by atoms with Crippen LogP contribution in [-0.4, -0.2) is 16.2 Å². The molecule has 0 spiro atoms. The maximum atomic E-state index is 9.75. The number of nitrogens with one attached hydrogen (secondary N) is 1. The van der Waals surface area contributed by atoms with E-state index in [1.807, 2.05) is 12.1 Å². The van der Waals surface area contributed by atoms with Crippen molar-refractivity contribution in [3.63, 3.8) is 0 Å². The van der Waals surface area contributed by atoms with Gasteiger partial charge in [-0.25, -0.2) is 0 Å². The topological polar surface area (TPSA) is 37.2 Å². The van der Waals surface area contributed by atoms with Gasteiger partial charge in [-0.1, -0.05) is 0 Å². The van der Waals surface area contributed by atoms with Crippen molar-refractivity contribution in [2.75, 3.05) is 6.54 Å². The number of hydrogen-bond donors (Lipinski definition) is 2. The van der Waals surface area contributed by atoms with E-state index >= 15 is 0 Å². The van der Waals surface area contributed by atoms with Gasteiger partial charge in [-0.2, -0.15) is 0 Å². The van der Waals surface area contributed by atoms with Crippen molar-refractivity contribution in [1.82, 2.24) is 9.88 Å². The summed E-state index contributed by atoms with van der Waals surface area (Å²) in [4.78, 5) is 0. The number of aromatic hydroxyl groups is 1. The Bertz CT molecular complexity index is 606. The summed E-state index contributed by atoms with van der Waals surface area (Å²) < 4.78 is 2.22. The Morgan fingerprint density at radius 3 is 2.83 bits per heavy atom. The Labute approximate surface area is 107 Å². The largest absolute Gasteiger partial charge is 0.508 e. The summed E-state index contributed by atoms with van der Waals surface area (Å²) in [7, 11) is 2.09. The maximum absolute atomic E-state index is 9.75. The van der Waals surface area contributed by atoms with Crippen molar-refractivity contribution in [2.24, 2.45) is 7.05 Å². The standard InChI is InChI=1S/C15H20N2O/c1-10-14(15(2)7-4-8-16-15)12-9-11(18)5-6-13(12)17(10)3/h5-6,9,16,18H,4,7-8H2,1-3H3. The highest BCUT2D eigenvalue weighted by Crippen LogP contribution is 2.39. The Balaban J connectivity index is 2.34. The summed E-state index contributed by atoms with van der Waals surface area (Å²) in [6.07, 6.45) is 2.37.